The van der Waals surface area contributed by atoms with Crippen molar-refractivity contribution in [1.29, 1.82) is 0 Å². The molecular weight excluding hydrogens is 244 g/mol. The van der Waals surface area contributed by atoms with Gasteiger partial charge in [0.05, 0.1) is 11.5 Å². The van der Waals surface area contributed by atoms with Crippen molar-refractivity contribution in [3.63, 3.8) is 0 Å². The monoisotopic (exact) mass is 266 g/mol. The standard InChI is InChI=1S/C16H23ClO/c1-4-16(2,3)13-9-7-12(8-10-13)15(17)14-6-5-11-18-14/h7-10,14-15H,4-6,11H2,1-3H3. The van der Waals surface area contributed by atoms with Crippen LogP contribution in [0.2, 0.25) is 0 Å². The van der Waals surface area contributed by atoms with E-state index in [1.807, 2.05) is 0 Å². The summed E-state index contributed by atoms with van der Waals surface area (Å²) in [6.45, 7) is 7.64. The molecule has 2 rings (SSSR count). The molecular formula is C16H23ClO. The van der Waals surface area contributed by atoms with Crippen LogP contribution in [0.3, 0.4) is 0 Å². The lowest BCUT2D eigenvalue weighted by Gasteiger charge is -2.24. The largest absolute Gasteiger partial charge is 0.376 e. The van der Waals surface area contributed by atoms with Crippen LogP contribution in [0.15, 0.2) is 24.3 Å². The smallest absolute Gasteiger partial charge is 0.0847 e. The molecule has 0 radical (unpaired) electrons. The van der Waals surface area contributed by atoms with Gasteiger partial charge in [0, 0.05) is 6.61 Å². The van der Waals surface area contributed by atoms with Gasteiger partial charge < -0.3 is 4.74 Å². The van der Waals surface area contributed by atoms with E-state index in [2.05, 4.69) is 45.0 Å². The zero-order valence-corrected chi connectivity index (χ0v) is 12.3. The Bertz CT molecular complexity index is 377. The number of rotatable bonds is 4. The van der Waals surface area contributed by atoms with E-state index in [1.54, 1.807) is 0 Å². The summed E-state index contributed by atoms with van der Waals surface area (Å²) in [5, 5.41) is -0.00807. The second-order valence-corrected chi connectivity index (χ2v) is 6.28. The zero-order chi connectivity index (χ0) is 13.2. The number of halogens is 1. The first-order valence-electron chi connectivity index (χ1n) is 6.90. The van der Waals surface area contributed by atoms with Crippen molar-refractivity contribution in [2.75, 3.05) is 6.61 Å². The molecule has 2 unspecified atom stereocenters. The summed E-state index contributed by atoms with van der Waals surface area (Å²) in [7, 11) is 0. The van der Waals surface area contributed by atoms with Crippen LogP contribution < -0.4 is 0 Å². The molecule has 1 aromatic carbocycles. The van der Waals surface area contributed by atoms with E-state index in [4.69, 9.17) is 16.3 Å². The Labute approximate surface area is 115 Å². The predicted molar refractivity (Wildman–Crippen MR) is 77.3 cm³/mol. The van der Waals surface area contributed by atoms with Crippen LogP contribution in [0.5, 0.6) is 0 Å². The van der Waals surface area contributed by atoms with Gasteiger partial charge in [-0.3, -0.25) is 0 Å². The van der Waals surface area contributed by atoms with Gasteiger partial charge >= 0.3 is 0 Å². The first-order valence-corrected chi connectivity index (χ1v) is 7.34. The summed E-state index contributed by atoms with van der Waals surface area (Å²) < 4.78 is 5.66. The fraction of sp³-hybridized carbons (Fsp3) is 0.625. The summed E-state index contributed by atoms with van der Waals surface area (Å²) in [4.78, 5) is 0. The number of benzene rings is 1. The van der Waals surface area contributed by atoms with Crippen LogP contribution in [-0.2, 0) is 10.2 Å². The SMILES string of the molecule is CCC(C)(C)c1ccc(C(Cl)C2CCCO2)cc1. The van der Waals surface area contributed by atoms with E-state index in [0.29, 0.717) is 0 Å². The quantitative estimate of drug-likeness (QED) is 0.709. The third-order valence-electron chi connectivity index (χ3n) is 4.19. The summed E-state index contributed by atoms with van der Waals surface area (Å²) in [5.41, 5.74) is 2.80. The maximum Gasteiger partial charge on any atom is 0.0847 e. The summed E-state index contributed by atoms with van der Waals surface area (Å²) in [6, 6.07) is 8.74. The first-order chi connectivity index (χ1) is 8.54. The highest BCUT2D eigenvalue weighted by atomic mass is 35.5. The average Bonchev–Trinajstić information content (AvgIpc) is 2.92. The highest BCUT2D eigenvalue weighted by molar-refractivity contribution is 6.21. The summed E-state index contributed by atoms with van der Waals surface area (Å²) >= 11 is 6.49. The third-order valence-corrected chi connectivity index (χ3v) is 4.72. The van der Waals surface area contributed by atoms with Crippen molar-refractivity contribution in [2.45, 2.75) is 56.9 Å². The average molecular weight is 267 g/mol. The Balaban J connectivity index is 2.12. The minimum absolute atomic E-state index is 0.00807. The molecule has 1 aliphatic rings. The molecule has 1 fully saturated rings. The Morgan fingerprint density at radius 2 is 2.00 bits per heavy atom. The fourth-order valence-corrected chi connectivity index (χ4v) is 2.71. The van der Waals surface area contributed by atoms with Gasteiger partial charge in [-0.05, 0) is 35.8 Å². The molecule has 1 aliphatic heterocycles. The van der Waals surface area contributed by atoms with Crippen molar-refractivity contribution in [2.24, 2.45) is 0 Å². The van der Waals surface area contributed by atoms with E-state index < -0.39 is 0 Å². The van der Waals surface area contributed by atoms with Gasteiger partial charge in [-0.15, -0.1) is 11.6 Å². The lowest BCUT2D eigenvalue weighted by atomic mass is 9.82. The highest BCUT2D eigenvalue weighted by Crippen LogP contribution is 2.34. The van der Waals surface area contributed by atoms with Gasteiger partial charge in [0.15, 0.2) is 0 Å². The molecule has 1 heterocycles. The minimum atomic E-state index is -0.00807. The van der Waals surface area contributed by atoms with Crippen LogP contribution in [0, 0.1) is 0 Å². The summed E-state index contributed by atoms with van der Waals surface area (Å²) in [6.07, 6.45) is 3.55. The van der Waals surface area contributed by atoms with E-state index >= 15 is 0 Å². The van der Waals surface area contributed by atoms with Crippen molar-refractivity contribution >= 4 is 11.6 Å². The molecule has 2 atom stereocenters. The van der Waals surface area contributed by atoms with Crippen LogP contribution in [-0.4, -0.2) is 12.7 Å². The molecule has 0 aromatic heterocycles. The Morgan fingerprint density at radius 3 is 2.50 bits per heavy atom. The molecule has 100 valence electrons. The molecule has 2 heteroatoms. The maximum atomic E-state index is 6.49. The van der Waals surface area contributed by atoms with E-state index in [-0.39, 0.29) is 16.9 Å². The number of hydrogen-bond donors (Lipinski definition) is 0. The third kappa shape index (κ3) is 2.89. The minimum Gasteiger partial charge on any atom is -0.376 e. The summed E-state index contributed by atoms with van der Waals surface area (Å²) in [5.74, 6) is 0. The topological polar surface area (TPSA) is 9.23 Å². The van der Waals surface area contributed by atoms with Gasteiger partial charge in [0.25, 0.3) is 0 Å². The van der Waals surface area contributed by atoms with Crippen LogP contribution in [0.25, 0.3) is 0 Å². The van der Waals surface area contributed by atoms with Crippen molar-refractivity contribution in [3.8, 4) is 0 Å². The second-order valence-electron chi connectivity index (χ2n) is 5.81. The molecule has 0 saturated carbocycles. The normalized spacial score (nSPS) is 22.1. The van der Waals surface area contributed by atoms with Crippen molar-refractivity contribution in [3.05, 3.63) is 35.4 Å². The number of ether oxygens (including phenoxy) is 1. The van der Waals surface area contributed by atoms with Gasteiger partial charge in [0.2, 0.25) is 0 Å². The Hall–Kier alpha value is -0.530. The highest BCUT2D eigenvalue weighted by Gasteiger charge is 2.26. The van der Waals surface area contributed by atoms with Crippen molar-refractivity contribution in [1.82, 2.24) is 0 Å². The first kappa shape index (κ1) is 13.9. The van der Waals surface area contributed by atoms with Crippen molar-refractivity contribution < 1.29 is 4.74 Å². The fourth-order valence-electron chi connectivity index (χ4n) is 2.37. The van der Waals surface area contributed by atoms with E-state index in [9.17, 15) is 0 Å². The molecule has 18 heavy (non-hydrogen) atoms. The molecule has 1 saturated heterocycles. The van der Waals surface area contributed by atoms with Crippen LogP contribution in [0.4, 0.5) is 0 Å². The molecule has 1 aromatic rings. The van der Waals surface area contributed by atoms with Gasteiger partial charge in [0.1, 0.15) is 0 Å². The molecule has 1 nitrogen and oxygen atoms in total. The van der Waals surface area contributed by atoms with E-state index in [0.717, 1.165) is 25.9 Å². The lowest BCUT2D eigenvalue weighted by Crippen LogP contribution is -2.16. The van der Waals surface area contributed by atoms with E-state index in [1.165, 1.54) is 11.1 Å². The van der Waals surface area contributed by atoms with Crippen LogP contribution >= 0.6 is 11.6 Å². The molecule has 0 aliphatic carbocycles. The molecule has 0 spiro atoms. The second kappa shape index (κ2) is 5.63. The van der Waals surface area contributed by atoms with Gasteiger partial charge in [-0.2, -0.15) is 0 Å². The molecule has 0 bridgehead atoms. The Morgan fingerprint density at radius 1 is 1.33 bits per heavy atom. The Kier molecular flexibility index (Phi) is 4.34. The molecule has 0 N–H and O–H groups in total. The molecule has 0 amide bonds. The lowest BCUT2D eigenvalue weighted by molar-refractivity contribution is 0.107. The number of alkyl halides is 1. The van der Waals surface area contributed by atoms with Crippen LogP contribution in [0.1, 0.15) is 56.5 Å². The van der Waals surface area contributed by atoms with Gasteiger partial charge in [-0.25, -0.2) is 0 Å². The maximum absolute atomic E-state index is 6.49. The number of hydrogen-bond acceptors (Lipinski definition) is 1. The zero-order valence-electron chi connectivity index (χ0n) is 11.6. The van der Waals surface area contributed by atoms with Gasteiger partial charge in [-0.1, -0.05) is 45.0 Å². The predicted octanol–water partition coefficient (Wildman–Crippen LogP) is 4.83.